The zero-order valence-electron chi connectivity index (χ0n) is 44.9. The maximum atomic E-state index is 15.7. The Kier molecular flexibility index (Phi) is 13.3. The first-order chi connectivity index (χ1) is 42.4. The Morgan fingerprint density at radius 3 is 0.784 bits per heavy atom. The summed E-state index contributed by atoms with van der Waals surface area (Å²) in [7, 11) is 0. The zero-order chi connectivity index (χ0) is 61.9. The third-order valence-corrected chi connectivity index (χ3v) is 15.3. The van der Waals surface area contributed by atoms with E-state index in [9.17, 15) is 60.5 Å². The molecule has 2 aromatic heterocycles. The number of alkyl halides is 6. The Bertz CT molecular complexity index is 4810. The number of hydrogen-bond acceptors (Lipinski definition) is 9. The minimum absolute atomic E-state index is 0.0241. The lowest BCUT2D eigenvalue weighted by atomic mass is 9.94. The van der Waals surface area contributed by atoms with Crippen molar-refractivity contribution in [2.75, 3.05) is 0 Å². The topological polar surface area (TPSA) is 224 Å². The first-order valence-corrected chi connectivity index (χ1v) is 26.3. The molecule has 0 amide bonds. The summed E-state index contributed by atoms with van der Waals surface area (Å²) in [6, 6.07) is 61.7. The van der Waals surface area contributed by atoms with Crippen molar-refractivity contribution in [2.24, 2.45) is 0 Å². The lowest BCUT2D eigenvalue weighted by molar-refractivity contribution is -0.142. The molecule has 0 atom stereocenters. The maximum absolute atomic E-state index is 15.7. The lowest BCUT2D eigenvalue weighted by Gasteiger charge is -2.21. The fourth-order valence-corrected chi connectivity index (χ4v) is 11.4. The average Bonchev–Trinajstić information content (AvgIpc) is 1.56. The molecule has 12 rings (SSSR count). The third kappa shape index (κ3) is 9.59. The van der Waals surface area contributed by atoms with Crippen molar-refractivity contribution in [3.63, 3.8) is 0 Å². The molecule has 0 spiro atoms. The van der Waals surface area contributed by atoms with Gasteiger partial charge in [0.05, 0.1) is 138 Å². The highest BCUT2D eigenvalue weighted by Crippen LogP contribution is 2.47. The van der Waals surface area contributed by atoms with Crippen LogP contribution in [-0.4, -0.2) is 9.13 Å². The highest BCUT2D eigenvalue weighted by molar-refractivity contribution is 6.13. The van der Waals surface area contributed by atoms with Gasteiger partial charge in [-0.05, 0) is 177 Å². The molecule has 410 valence electrons. The quantitative estimate of drug-likeness (QED) is 0.138. The Balaban J connectivity index is 1.28. The van der Waals surface area contributed by atoms with Gasteiger partial charge in [0.2, 0.25) is 0 Å². The molecular formula is C71H29F6N11. The molecule has 10 aromatic carbocycles. The molecule has 0 unspecified atom stereocenters. The normalized spacial score (nSPS) is 11.2. The Morgan fingerprint density at radius 2 is 0.545 bits per heavy atom. The van der Waals surface area contributed by atoms with Crippen LogP contribution in [0.15, 0.2) is 176 Å². The van der Waals surface area contributed by atoms with Gasteiger partial charge in [-0.15, -0.1) is 0 Å². The van der Waals surface area contributed by atoms with Gasteiger partial charge < -0.3 is 9.13 Å². The van der Waals surface area contributed by atoms with Gasteiger partial charge in [-0.3, -0.25) is 0 Å². The van der Waals surface area contributed by atoms with Gasteiger partial charge in [-0.25, -0.2) is 0 Å². The summed E-state index contributed by atoms with van der Waals surface area (Å²) in [5, 5.41) is 94.4. The van der Waals surface area contributed by atoms with Crippen LogP contribution >= 0.6 is 0 Å². The van der Waals surface area contributed by atoms with Crippen LogP contribution in [-0.2, 0) is 12.4 Å². The summed E-state index contributed by atoms with van der Waals surface area (Å²) < 4.78 is 93.8. The smallest absolute Gasteiger partial charge is 0.308 e. The summed E-state index contributed by atoms with van der Waals surface area (Å²) in [4.78, 5) is 0. The summed E-state index contributed by atoms with van der Waals surface area (Å²) in [6.07, 6.45) is -10.6. The van der Waals surface area contributed by atoms with E-state index in [4.69, 9.17) is 0 Å². The van der Waals surface area contributed by atoms with Crippen LogP contribution in [0.1, 0.15) is 61.2 Å². The summed E-state index contributed by atoms with van der Waals surface area (Å²) >= 11 is 0. The van der Waals surface area contributed by atoms with Crippen LogP contribution in [0, 0.1) is 102 Å². The maximum Gasteiger partial charge on any atom is 0.417 e. The van der Waals surface area contributed by atoms with Crippen LogP contribution in [0.4, 0.5) is 26.3 Å². The average molecular weight is 1150 g/mol. The molecule has 0 bridgehead atoms. The highest BCUT2D eigenvalue weighted by Gasteiger charge is 2.39. The van der Waals surface area contributed by atoms with Crippen molar-refractivity contribution >= 4 is 43.6 Å². The second-order valence-corrected chi connectivity index (χ2v) is 20.4. The number of halogens is 6. The predicted octanol–water partition coefficient (Wildman–Crippen LogP) is 17.1. The summed E-state index contributed by atoms with van der Waals surface area (Å²) in [5.74, 6) is 0. The highest BCUT2D eigenvalue weighted by atomic mass is 19.4. The van der Waals surface area contributed by atoms with Crippen LogP contribution in [0.3, 0.4) is 0 Å². The molecule has 0 aliphatic carbocycles. The van der Waals surface area contributed by atoms with Gasteiger partial charge in [0, 0.05) is 21.5 Å². The van der Waals surface area contributed by atoms with Crippen molar-refractivity contribution in [3.8, 4) is 122 Å². The number of rotatable bonds is 7. The molecule has 88 heavy (non-hydrogen) atoms. The SMILES string of the molecule is N#Cc1cc(C#N)cc(-c2ccc3c4ccc(-c5cc(C#N)cc(C#N)c5)cc4n(-c4cc(-c5ccc(C(F)(F)F)cc5C(F)(F)F)cc(-n5c6cc(-c7cc(C#N)cc(C#N)c7)ccc6c6ccc(-c7cc(C#N)cc(C#N)c7)cc65)c4C#N)c3c2)c1. The molecule has 0 saturated heterocycles. The van der Waals surface area contributed by atoms with Crippen LogP contribution in [0.2, 0.25) is 0 Å². The van der Waals surface area contributed by atoms with Crippen molar-refractivity contribution in [1.29, 1.82) is 47.4 Å². The Labute approximate surface area is 495 Å². The van der Waals surface area contributed by atoms with E-state index in [1.54, 1.807) is 130 Å². The molecule has 12 aromatic rings. The van der Waals surface area contributed by atoms with Gasteiger partial charge in [-0.1, -0.05) is 54.6 Å². The van der Waals surface area contributed by atoms with Crippen molar-refractivity contribution in [2.45, 2.75) is 12.4 Å². The monoisotopic (exact) mass is 1150 g/mol. The van der Waals surface area contributed by atoms with Crippen LogP contribution in [0.25, 0.3) is 111 Å². The zero-order valence-corrected chi connectivity index (χ0v) is 44.9. The van der Waals surface area contributed by atoms with E-state index < -0.39 is 29.0 Å². The Hall–Kier alpha value is -13.2. The van der Waals surface area contributed by atoms with E-state index in [-0.39, 0.29) is 73.1 Å². The van der Waals surface area contributed by atoms with Gasteiger partial charge in [-0.2, -0.15) is 73.7 Å². The molecule has 0 fully saturated rings. The van der Waals surface area contributed by atoms with Crippen molar-refractivity contribution in [3.05, 3.63) is 237 Å². The first-order valence-electron chi connectivity index (χ1n) is 26.3. The van der Waals surface area contributed by atoms with Gasteiger partial charge in [0.1, 0.15) is 11.6 Å². The van der Waals surface area contributed by atoms with E-state index in [2.05, 4.69) is 54.6 Å². The molecule has 0 radical (unpaired) electrons. The van der Waals surface area contributed by atoms with E-state index >= 15 is 13.2 Å². The van der Waals surface area contributed by atoms with E-state index in [0.717, 1.165) is 6.07 Å². The predicted molar refractivity (Wildman–Crippen MR) is 315 cm³/mol. The number of aromatic nitrogens is 2. The number of hydrogen-bond donors (Lipinski definition) is 0. The number of nitrogens with zero attached hydrogens (tertiary/aromatic N) is 11. The van der Waals surface area contributed by atoms with E-state index in [1.807, 2.05) is 0 Å². The molecular weight excluding hydrogens is 1120 g/mol. The fraction of sp³-hybridized carbons (Fsp3) is 0.0282. The minimum atomic E-state index is -5.40. The number of nitriles is 9. The molecule has 17 heteroatoms. The number of fused-ring (bicyclic) bond motifs is 6. The summed E-state index contributed by atoms with van der Waals surface area (Å²) in [5.41, 5.74) is 1.35. The van der Waals surface area contributed by atoms with E-state index in [1.165, 1.54) is 36.4 Å². The standard InChI is InChI=1S/C71H29F6N11/c72-70(73,74)56-5-10-57(63(29-56)71(75,76)77)55-27-68(87-64-23-47(51-15-39(30-78)11-40(16-51)31-79)1-6-58(64)59-7-2-48(24-65(59)87)52-17-41(32-80)12-42(18-52)33-81)62(38-86)69(28-55)88-66-25-49(53-19-43(34-82)13-44(20-53)35-83)3-8-60(66)61-9-4-50(26-67(61)88)54-21-45(36-84)14-46(22-54)37-85/h1-29H. The molecule has 0 aliphatic rings. The number of benzene rings is 10. The van der Waals surface area contributed by atoms with Gasteiger partial charge in [0.25, 0.3) is 0 Å². The third-order valence-electron chi connectivity index (χ3n) is 15.3. The second-order valence-electron chi connectivity index (χ2n) is 20.4. The summed E-state index contributed by atoms with van der Waals surface area (Å²) in [6.45, 7) is 0. The molecule has 0 saturated carbocycles. The van der Waals surface area contributed by atoms with Crippen LogP contribution in [0.5, 0.6) is 0 Å². The fourth-order valence-electron chi connectivity index (χ4n) is 11.4. The van der Waals surface area contributed by atoms with Crippen LogP contribution < -0.4 is 0 Å². The molecule has 2 heterocycles. The Morgan fingerprint density at radius 1 is 0.261 bits per heavy atom. The van der Waals surface area contributed by atoms with Gasteiger partial charge >= 0.3 is 12.4 Å². The minimum Gasteiger partial charge on any atom is -0.308 e. The molecule has 11 nitrogen and oxygen atoms in total. The second kappa shape index (κ2) is 21.2. The van der Waals surface area contributed by atoms with Crippen molar-refractivity contribution < 1.29 is 26.3 Å². The van der Waals surface area contributed by atoms with E-state index in [0.29, 0.717) is 94.2 Å². The molecule has 0 aliphatic heterocycles. The first kappa shape index (κ1) is 55.3. The lowest BCUT2D eigenvalue weighted by Crippen LogP contribution is -2.12. The largest absolute Gasteiger partial charge is 0.417 e. The van der Waals surface area contributed by atoms with Crippen molar-refractivity contribution in [1.82, 2.24) is 9.13 Å². The molecule has 0 N–H and O–H groups in total. The van der Waals surface area contributed by atoms with Gasteiger partial charge in [0.15, 0.2) is 0 Å².